The van der Waals surface area contributed by atoms with Gasteiger partial charge in [-0.25, -0.2) is 5.43 Å². The summed E-state index contributed by atoms with van der Waals surface area (Å²) in [7, 11) is 0. The van der Waals surface area contributed by atoms with Gasteiger partial charge in [-0.05, 0) is 26.0 Å². The van der Waals surface area contributed by atoms with Crippen LogP contribution in [0.4, 0.5) is 0 Å². The summed E-state index contributed by atoms with van der Waals surface area (Å²) in [5.41, 5.74) is 2.15. The molecule has 1 N–H and O–H groups in total. The molecule has 0 aliphatic carbocycles. The summed E-state index contributed by atoms with van der Waals surface area (Å²) in [6.07, 6.45) is 2.82. The van der Waals surface area contributed by atoms with Crippen LogP contribution in [0.1, 0.15) is 19.6 Å². The molecule has 0 aromatic carbocycles. The van der Waals surface area contributed by atoms with Gasteiger partial charge in [-0.2, -0.15) is 5.10 Å². The molecule has 1 rings (SSSR count). The standard InChI is InChI=1S/C11H15N3O3/c1-3-14(4-2)11(16)10(15)13-12-8-9-6-5-7-17-9/h5-8H,3-4H2,1-2H3,(H,13,15)/b12-8+. The Morgan fingerprint density at radius 2 is 2.18 bits per heavy atom. The van der Waals surface area contributed by atoms with Crippen molar-refractivity contribution in [1.29, 1.82) is 0 Å². The third kappa shape index (κ3) is 3.75. The molecular weight excluding hydrogens is 222 g/mol. The van der Waals surface area contributed by atoms with E-state index in [-0.39, 0.29) is 0 Å². The van der Waals surface area contributed by atoms with Crippen LogP contribution in [0.5, 0.6) is 0 Å². The zero-order valence-electron chi connectivity index (χ0n) is 9.84. The molecule has 0 aliphatic rings. The quantitative estimate of drug-likeness (QED) is 0.473. The van der Waals surface area contributed by atoms with Crippen molar-refractivity contribution >= 4 is 18.0 Å². The summed E-state index contributed by atoms with van der Waals surface area (Å²) in [5.74, 6) is -0.844. The molecule has 1 aromatic rings. The molecule has 0 bridgehead atoms. The van der Waals surface area contributed by atoms with Gasteiger partial charge in [-0.15, -0.1) is 0 Å². The second-order valence-corrected chi connectivity index (χ2v) is 3.19. The lowest BCUT2D eigenvalue weighted by Gasteiger charge is -2.16. The molecule has 0 atom stereocenters. The minimum atomic E-state index is -0.753. The van der Waals surface area contributed by atoms with Crippen molar-refractivity contribution in [2.45, 2.75) is 13.8 Å². The van der Waals surface area contributed by atoms with E-state index < -0.39 is 11.8 Å². The molecule has 92 valence electrons. The predicted molar refractivity (Wildman–Crippen MR) is 62.4 cm³/mol. The first-order valence-electron chi connectivity index (χ1n) is 5.34. The van der Waals surface area contributed by atoms with Gasteiger partial charge in [0, 0.05) is 13.1 Å². The molecule has 0 aliphatic heterocycles. The Bertz CT molecular complexity index is 394. The van der Waals surface area contributed by atoms with Crippen LogP contribution in [-0.4, -0.2) is 36.0 Å². The average Bonchev–Trinajstić information content (AvgIpc) is 2.83. The number of nitrogens with one attached hydrogen (secondary N) is 1. The monoisotopic (exact) mass is 237 g/mol. The van der Waals surface area contributed by atoms with E-state index in [1.54, 1.807) is 26.0 Å². The highest BCUT2D eigenvalue weighted by atomic mass is 16.3. The van der Waals surface area contributed by atoms with Crippen LogP contribution in [0.3, 0.4) is 0 Å². The first-order valence-corrected chi connectivity index (χ1v) is 5.34. The summed E-state index contributed by atoms with van der Waals surface area (Å²) in [6.45, 7) is 4.59. The van der Waals surface area contributed by atoms with E-state index in [1.807, 2.05) is 0 Å². The number of nitrogens with zero attached hydrogens (tertiary/aromatic N) is 2. The van der Waals surface area contributed by atoms with E-state index in [0.717, 1.165) is 0 Å². The summed E-state index contributed by atoms with van der Waals surface area (Å²) in [5, 5.41) is 3.62. The number of furan rings is 1. The van der Waals surface area contributed by atoms with Gasteiger partial charge in [0.15, 0.2) is 0 Å². The number of carbonyl (C=O) groups excluding carboxylic acids is 2. The van der Waals surface area contributed by atoms with Crippen molar-refractivity contribution in [3.05, 3.63) is 24.2 Å². The summed E-state index contributed by atoms with van der Waals surface area (Å²) >= 11 is 0. The lowest BCUT2D eigenvalue weighted by Crippen LogP contribution is -2.41. The number of likely N-dealkylation sites (N-methyl/N-ethyl adjacent to an activating group) is 1. The van der Waals surface area contributed by atoms with Crippen LogP contribution in [0, 0.1) is 0 Å². The zero-order valence-corrected chi connectivity index (χ0v) is 9.84. The number of hydrazone groups is 1. The van der Waals surface area contributed by atoms with E-state index in [1.165, 1.54) is 17.4 Å². The Labute approximate surface area is 99.3 Å². The molecule has 0 fully saturated rings. The Balaban J connectivity index is 2.47. The second-order valence-electron chi connectivity index (χ2n) is 3.19. The normalized spacial score (nSPS) is 10.5. The van der Waals surface area contributed by atoms with Gasteiger partial charge >= 0.3 is 11.8 Å². The van der Waals surface area contributed by atoms with Gasteiger partial charge in [0.05, 0.1) is 12.5 Å². The molecule has 0 saturated heterocycles. The number of rotatable bonds is 4. The van der Waals surface area contributed by atoms with Crippen LogP contribution in [0.15, 0.2) is 27.9 Å². The second kappa shape index (κ2) is 6.47. The van der Waals surface area contributed by atoms with E-state index in [9.17, 15) is 9.59 Å². The van der Waals surface area contributed by atoms with E-state index in [4.69, 9.17) is 4.42 Å². The van der Waals surface area contributed by atoms with Gasteiger partial charge < -0.3 is 9.32 Å². The Hall–Kier alpha value is -2.11. The smallest absolute Gasteiger partial charge is 0.329 e. The Morgan fingerprint density at radius 1 is 1.47 bits per heavy atom. The minimum absolute atomic E-state index is 0.491. The highest BCUT2D eigenvalue weighted by Crippen LogP contribution is 1.94. The largest absolute Gasteiger partial charge is 0.463 e. The van der Waals surface area contributed by atoms with Crippen LogP contribution in [0.2, 0.25) is 0 Å². The fourth-order valence-corrected chi connectivity index (χ4v) is 1.22. The molecule has 0 saturated carbocycles. The summed E-state index contributed by atoms with van der Waals surface area (Å²) < 4.78 is 4.97. The van der Waals surface area contributed by atoms with Crippen molar-refractivity contribution in [3.63, 3.8) is 0 Å². The molecule has 2 amide bonds. The predicted octanol–water partition coefficient (Wildman–Crippen LogP) is 0.598. The molecule has 0 unspecified atom stereocenters. The van der Waals surface area contributed by atoms with Crippen LogP contribution < -0.4 is 5.43 Å². The molecule has 0 radical (unpaired) electrons. The van der Waals surface area contributed by atoms with Crippen molar-refractivity contribution in [1.82, 2.24) is 10.3 Å². The lowest BCUT2D eigenvalue weighted by molar-refractivity contribution is -0.145. The first kappa shape index (κ1) is 13.0. The number of hydrogen-bond acceptors (Lipinski definition) is 4. The van der Waals surface area contributed by atoms with E-state index >= 15 is 0 Å². The first-order chi connectivity index (χ1) is 8.19. The maximum atomic E-state index is 11.5. The highest BCUT2D eigenvalue weighted by Gasteiger charge is 2.18. The summed E-state index contributed by atoms with van der Waals surface area (Å²) in [4.78, 5) is 24.3. The molecule has 6 nitrogen and oxygen atoms in total. The molecule has 17 heavy (non-hydrogen) atoms. The van der Waals surface area contributed by atoms with Crippen LogP contribution >= 0.6 is 0 Å². The number of amides is 2. The van der Waals surface area contributed by atoms with Gasteiger partial charge in [0.2, 0.25) is 0 Å². The van der Waals surface area contributed by atoms with Crippen molar-refractivity contribution < 1.29 is 14.0 Å². The van der Waals surface area contributed by atoms with Crippen molar-refractivity contribution in [3.8, 4) is 0 Å². The molecule has 1 heterocycles. The van der Waals surface area contributed by atoms with Gasteiger partial charge in [0.1, 0.15) is 5.76 Å². The molecule has 0 spiro atoms. The lowest BCUT2D eigenvalue weighted by atomic mass is 10.4. The average molecular weight is 237 g/mol. The minimum Gasteiger partial charge on any atom is -0.463 e. The topological polar surface area (TPSA) is 74.9 Å². The third-order valence-corrected chi connectivity index (χ3v) is 2.15. The van der Waals surface area contributed by atoms with Crippen molar-refractivity contribution in [2.75, 3.05) is 13.1 Å². The third-order valence-electron chi connectivity index (χ3n) is 2.15. The Morgan fingerprint density at radius 3 is 2.71 bits per heavy atom. The fraction of sp³-hybridized carbons (Fsp3) is 0.364. The van der Waals surface area contributed by atoms with Gasteiger partial charge in [-0.1, -0.05) is 0 Å². The SMILES string of the molecule is CCN(CC)C(=O)C(=O)N/N=C/c1ccco1. The number of carbonyl (C=O) groups is 2. The van der Waals surface area contributed by atoms with Gasteiger partial charge in [0.25, 0.3) is 0 Å². The zero-order chi connectivity index (χ0) is 12.7. The van der Waals surface area contributed by atoms with E-state index in [0.29, 0.717) is 18.8 Å². The maximum absolute atomic E-state index is 11.5. The molecule has 6 heteroatoms. The highest BCUT2D eigenvalue weighted by molar-refractivity contribution is 6.34. The van der Waals surface area contributed by atoms with Crippen molar-refractivity contribution in [2.24, 2.45) is 5.10 Å². The Kier molecular flexibility index (Phi) is 4.93. The summed E-state index contributed by atoms with van der Waals surface area (Å²) in [6, 6.07) is 3.38. The number of hydrogen-bond donors (Lipinski definition) is 1. The maximum Gasteiger partial charge on any atom is 0.329 e. The molecular formula is C11H15N3O3. The van der Waals surface area contributed by atoms with Crippen LogP contribution in [-0.2, 0) is 9.59 Å². The van der Waals surface area contributed by atoms with Gasteiger partial charge in [-0.3, -0.25) is 9.59 Å². The fourth-order valence-electron chi connectivity index (χ4n) is 1.22. The molecule has 1 aromatic heterocycles. The van der Waals surface area contributed by atoms with E-state index in [2.05, 4.69) is 10.5 Å². The van der Waals surface area contributed by atoms with Crippen LogP contribution in [0.25, 0.3) is 0 Å².